The molecule has 88 valence electrons. The van der Waals surface area contributed by atoms with Gasteiger partial charge in [0.2, 0.25) is 11.9 Å². The van der Waals surface area contributed by atoms with Crippen LogP contribution < -0.4 is 11.1 Å². The number of hydrogen-bond donors (Lipinski definition) is 2. The fraction of sp³-hybridized carbons (Fsp3) is 0.455. The second-order valence-corrected chi connectivity index (χ2v) is 3.92. The Hall–Kier alpha value is -1.49. The number of aromatic nitrogens is 1. The summed E-state index contributed by atoms with van der Waals surface area (Å²) in [6.07, 6.45) is 0. The number of nitrogens with one attached hydrogen (secondary N) is 1. The molecule has 0 bridgehead atoms. The second-order valence-electron chi connectivity index (χ2n) is 3.92. The number of rotatable bonds is 4. The number of anilines is 1. The standard InChI is InChI=1S/C11H16FN3O/c1-7(2)8(6-13)11(16)15-10-5-3-4-9(12)14-10/h3-5,7-8H,6,13H2,1-2H3,(H,14,15,16). The van der Waals surface area contributed by atoms with Gasteiger partial charge in [0, 0.05) is 6.54 Å². The summed E-state index contributed by atoms with van der Waals surface area (Å²) >= 11 is 0. The van der Waals surface area contributed by atoms with Crippen molar-refractivity contribution in [1.29, 1.82) is 0 Å². The highest BCUT2D eigenvalue weighted by atomic mass is 19.1. The molecule has 4 nitrogen and oxygen atoms in total. The first-order valence-electron chi connectivity index (χ1n) is 5.18. The molecule has 1 heterocycles. The van der Waals surface area contributed by atoms with E-state index in [1.54, 1.807) is 0 Å². The van der Waals surface area contributed by atoms with Crippen molar-refractivity contribution < 1.29 is 9.18 Å². The van der Waals surface area contributed by atoms with Crippen molar-refractivity contribution in [1.82, 2.24) is 4.98 Å². The summed E-state index contributed by atoms with van der Waals surface area (Å²) in [4.78, 5) is 15.3. The summed E-state index contributed by atoms with van der Waals surface area (Å²) in [5.41, 5.74) is 5.50. The van der Waals surface area contributed by atoms with Gasteiger partial charge in [-0.1, -0.05) is 19.9 Å². The molecule has 16 heavy (non-hydrogen) atoms. The van der Waals surface area contributed by atoms with Crippen molar-refractivity contribution >= 4 is 11.7 Å². The maximum Gasteiger partial charge on any atom is 0.230 e. The predicted molar refractivity (Wildman–Crippen MR) is 60.2 cm³/mol. The van der Waals surface area contributed by atoms with Gasteiger partial charge in [-0.3, -0.25) is 4.79 Å². The van der Waals surface area contributed by atoms with Crippen LogP contribution >= 0.6 is 0 Å². The summed E-state index contributed by atoms with van der Waals surface area (Å²) in [6, 6.07) is 4.25. The Morgan fingerprint density at radius 1 is 1.56 bits per heavy atom. The molecule has 3 N–H and O–H groups in total. The van der Waals surface area contributed by atoms with E-state index in [0.29, 0.717) is 0 Å². The van der Waals surface area contributed by atoms with Crippen LogP contribution in [0.2, 0.25) is 0 Å². The fourth-order valence-electron chi connectivity index (χ4n) is 1.38. The van der Waals surface area contributed by atoms with E-state index >= 15 is 0 Å². The zero-order valence-electron chi connectivity index (χ0n) is 9.40. The second kappa shape index (κ2) is 5.55. The number of halogens is 1. The van der Waals surface area contributed by atoms with Gasteiger partial charge >= 0.3 is 0 Å². The van der Waals surface area contributed by atoms with Gasteiger partial charge in [-0.15, -0.1) is 0 Å². The van der Waals surface area contributed by atoms with Crippen LogP contribution in [0.1, 0.15) is 13.8 Å². The third-order valence-electron chi connectivity index (χ3n) is 2.36. The Morgan fingerprint density at radius 2 is 2.25 bits per heavy atom. The minimum absolute atomic E-state index is 0.138. The molecule has 5 heteroatoms. The highest BCUT2D eigenvalue weighted by Gasteiger charge is 2.20. The van der Waals surface area contributed by atoms with Crippen LogP contribution in [0.3, 0.4) is 0 Å². The lowest BCUT2D eigenvalue weighted by Gasteiger charge is -2.17. The van der Waals surface area contributed by atoms with E-state index in [9.17, 15) is 9.18 Å². The van der Waals surface area contributed by atoms with E-state index in [0.717, 1.165) is 0 Å². The number of hydrogen-bond acceptors (Lipinski definition) is 3. The summed E-state index contributed by atoms with van der Waals surface area (Å²) in [5, 5.41) is 2.55. The predicted octanol–water partition coefficient (Wildman–Crippen LogP) is 1.39. The third kappa shape index (κ3) is 3.27. The normalized spacial score (nSPS) is 12.6. The fourth-order valence-corrected chi connectivity index (χ4v) is 1.38. The van der Waals surface area contributed by atoms with Crippen LogP contribution in [0.15, 0.2) is 18.2 Å². The van der Waals surface area contributed by atoms with Gasteiger partial charge in [0.05, 0.1) is 5.92 Å². The Labute approximate surface area is 94.1 Å². The van der Waals surface area contributed by atoms with Crippen LogP contribution in [0.25, 0.3) is 0 Å². The number of amides is 1. The SMILES string of the molecule is CC(C)C(CN)C(=O)Nc1cccc(F)n1. The molecule has 0 aliphatic heterocycles. The Bertz CT molecular complexity index is 368. The monoisotopic (exact) mass is 225 g/mol. The van der Waals surface area contributed by atoms with Crippen molar-refractivity contribution in [3.63, 3.8) is 0 Å². The first-order chi connectivity index (χ1) is 7.54. The summed E-state index contributed by atoms with van der Waals surface area (Å²) in [5.74, 6) is -0.782. The summed E-state index contributed by atoms with van der Waals surface area (Å²) in [6.45, 7) is 4.09. The Kier molecular flexibility index (Phi) is 4.37. The van der Waals surface area contributed by atoms with Gasteiger partial charge in [0.1, 0.15) is 5.82 Å². The topological polar surface area (TPSA) is 68.0 Å². The molecule has 1 aromatic heterocycles. The van der Waals surface area contributed by atoms with E-state index in [4.69, 9.17) is 5.73 Å². The average Bonchev–Trinajstić information content (AvgIpc) is 2.17. The maximum atomic E-state index is 12.8. The van der Waals surface area contributed by atoms with Crippen LogP contribution in [-0.4, -0.2) is 17.4 Å². The minimum atomic E-state index is -0.619. The van der Waals surface area contributed by atoms with Crippen molar-refractivity contribution in [2.45, 2.75) is 13.8 Å². The minimum Gasteiger partial charge on any atom is -0.330 e. The van der Waals surface area contributed by atoms with E-state index < -0.39 is 5.95 Å². The first kappa shape index (κ1) is 12.6. The number of nitrogens with two attached hydrogens (primary N) is 1. The molecule has 0 saturated carbocycles. The number of carbonyl (C=O) groups is 1. The van der Waals surface area contributed by atoms with Crippen LogP contribution in [0, 0.1) is 17.8 Å². The average molecular weight is 225 g/mol. The highest BCUT2D eigenvalue weighted by Crippen LogP contribution is 2.12. The number of nitrogens with zero attached hydrogens (tertiary/aromatic N) is 1. The van der Waals surface area contributed by atoms with Crippen molar-refractivity contribution in [3.8, 4) is 0 Å². The number of pyridine rings is 1. The van der Waals surface area contributed by atoms with E-state index in [-0.39, 0.29) is 30.1 Å². The van der Waals surface area contributed by atoms with E-state index in [1.807, 2.05) is 13.8 Å². The van der Waals surface area contributed by atoms with Gasteiger partial charge in [-0.05, 0) is 18.1 Å². The van der Waals surface area contributed by atoms with Gasteiger partial charge in [-0.2, -0.15) is 4.39 Å². The molecule has 0 fully saturated rings. The van der Waals surface area contributed by atoms with Crippen LogP contribution in [0.5, 0.6) is 0 Å². The molecule has 1 amide bonds. The molecule has 1 unspecified atom stereocenters. The quantitative estimate of drug-likeness (QED) is 0.761. The molecule has 1 rings (SSSR count). The maximum absolute atomic E-state index is 12.8. The molecule has 0 aliphatic rings. The van der Waals surface area contributed by atoms with Gasteiger partial charge in [-0.25, -0.2) is 4.98 Å². The molecular formula is C11H16FN3O. The van der Waals surface area contributed by atoms with E-state index in [1.165, 1.54) is 18.2 Å². The van der Waals surface area contributed by atoms with Crippen LogP contribution in [0.4, 0.5) is 10.2 Å². The lowest BCUT2D eigenvalue weighted by Crippen LogP contribution is -2.33. The van der Waals surface area contributed by atoms with Crippen molar-refractivity contribution in [2.75, 3.05) is 11.9 Å². The summed E-state index contributed by atoms with van der Waals surface area (Å²) < 4.78 is 12.8. The first-order valence-corrected chi connectivity index (χ1v) is 5.18. The third-order valence-corrected chi connectivity index (χ3v) is 2.36. The smallest absolute Gasteiger partial charge is 0.230 e. The highest BCUT2D eigenvalue weighted by molar-refractivity contribution is 5.91. The molecule has 0 aliphatic carbocycles. The van der Waals surface area contributed by atoms with Gasteiger partial charge in [0.15, 0.2) is 0 Å². The van der Waals surface area contributed by atoms with Gasteiger partial charge < -0.3 is 11.1 Å². The van der Waals surface area contributed by atoms with Crippen molar-refractivity contribution in [3.05, 3.63) is 24.1 Å². The zero-order valence-corrected chi connectivity index (χ0v) is 9.40. The lowest BCUT2D eigenvalue weighted by molar-refractivity contribution is -0.120. The molecule has 0 spiro atoms. The molecule has 1 atom stereocenters. The zero-order chi connectivity index (χ0) is 12.1. The van der Waals surface area contributed by atoms with Crippen LogP contribution in [-0.2, 0) is 4.79 Å². The molecule has 0 radical (unpaired) electrons. The largest absolute Gasteiger partial charge is 0.330 e. The van der Waals surface area contributed by atoms with Gasteiger partial charge in [0.25, 0.3) is 0 Å². The molecule has 0 aromatic carbocycles. The Morgan fingerprint density at radius 3 is 2.75 bits per heavy atom. The molecular weight excluding hydrogens is 209 g/mol. The summed E-state index contributed by atoms with van der Waals surface area (Å²) in [7, 11) is 0. The molecule has 1 aromatic rings. The van der Waals surface area contributed by atoms with E-state index in [2.05, 4.69) is 10.3 Å². The van der Waals surface area contributed by atoms with Crippen molar-refractivity contribution in [2.24, 2.45) is 17.6 Å². The number of carbonyl (C=O) groups excluding carboxylic acids is 1. The Balaban J connectivity index is 2.70. The lowest BCUT2D eigenvalue weighted by atomic mass is 9.95. The molecule has 0 saturated heterocycles.